The lowest BCUT2D eigenvalue weighted by atomic mass is 10.1. The van der Waals surface area contributed by atoms with Gasteiger partial charge in [0.25, 0.3) is 0 Å². The fourth-order valence-corrected chi connectivity index (χ4v) is 2.25. The fraction of sp³-hybridized carbons (Fsp3) is 0.400. The molecule has 1 aromatic heterocycles. The predicted octanol–water partition coefficient (Wildman–Crippen LogP) is 4.69. The van der Waals surface area contributed by atoms with Crippen molar-refractivity contribution in [3.63, 3.8) is 0 Å². The second-order valence-corrected chi connectivity index (χ2v) is 6.94. The molecule has 2 aromatic rings. The van der Waals surface area contributed by atoms with Gasteiger partial charge in [0.1, 0.15) is 0 Å². The Bertz CT molecular complexity index is 590. The molecule has 1 heterocycles. The molecule has 0 aliphatic heterocycles. The highest BCUT2D eigenvalue weighted by atomic mass is 79.9. The van der Waals surface area contributed by atoms with Crippen molar-refractivity contribution >= 4 is 27.5 Å². The van der Waals surface area contributed by atoms with Crippen LogP contribution >= 0.6 is 27.5 Å². The third kappa shape index (κ3) is 4.33. The van der Waals surface area contributed by atoms with E-state index in [9.17, 15) is 0 Å². The molecule has 0 amide bonds. The first-order valence-corrected chi connectivity index (χ1v) is 7.67. The first-order valence-electron chi connectivity index (χ1n) is 6.50. The maximum Gasteiger partial charge on any atom is 0.196 e. The first-order chi connectivity index (χ1) is 9.35. The van der Waals surface area contributed by atoms with Crippen LogP contribution in [0.15, 0.2) is 33.3 Å². The summed E-state index contributed by atoms with van der Waals surface area (Å²) in [5.74, 6) is 1.50. The number of rotatable bonds is 4. The van der Waals surface area contributed by atoms with Crippen LogP contribution in [-0.4, -0.2) is 17.1 Å². The van der Waals surface area contributed by atoms with Gasteiger partial charge >= 0.3 is 0 Å². The summed E-state index contributed by atoms with van der Waals surface area (Å²) in [6, 6.07) is 5.69. The summed E-state index contributed by atoms with van der Waals surface area (Å²) in [7, 11) is 0. The summed E-state index contributed by atoms with van der Waals surface area (Å²) in [6.45, 7) is 7.26. The Morgan fingerprint density at radius 2 is 2.10 bits per heavy atom. The molecule has 5 heteroatoms. The van der Waals surface area contributed by atoms with Crippen molar-refractivity contribution < 1.29 is 4.42 Å². The normalized spacial score (nSPS) is 11.8. The van der Waals surface area contributed by atoms with E-state index in [4.69, 9.17) is 16.0 Å². The molecule has 0 bridgehead atoms. The Morgan fingerprint density at radius 3 is 2.75 bits per heavy atom. The Hall–Kier alpha value is -0.840. The molecule has 108 valence electrons. The number of aromatic nitrogens is 1. The third-order valence-electron chi connectivity index (χ3n) is 2.75. The van der Waals surface area contributed by atoms with E-state index < -0.39 is 0 Å². The molecule has 0 fully saturated rings. The molecule has 0 spiro atoms. The Morgan fingerprint density at radius 1 is 1.35 bits per heavy atom. The van der Waals surface area contributed by atoms with Crippen LogP contribution in [0.5, 0.6) is 0 Å². The largest absolute Gasteiger partial charge is 0.441 e. The smallest absolute Gasteiger partial charge is 0.196 e. The minimum Gasteiger partial charge on any atom is -0.441 e. The summed E-state index contributed by atoms with van der Waals surface area (Å²) in [4.78, 5) is 4.31. The van der Waals surface area contributed by atoms with Gasteiger partial charge in [0, 0.05) is 28.5 Å². The summed E-state index contributed by atoms with van der Waals surface area (Å²) in [5.41, 5.74) is 1.07. The third-order valence-corrected chi connectivity index (χ3v) is 3.97. The lowest BCUT2D eigenvalue weighted by Crippen LogP contribution is -2.37. The molecule has 20 heavy (non-hydrogen) atoms. The van der Waals surface area contributed by atoms with Crippen LogP contribution in [0.1, 0.15) is 26.7 Å². The van der Waals surface area contributed by atoms with Gasteiger partial charge in [0.05, 0.1) is 11.2 Å². The zero-order valence-corrected chi connectivity index (χ0v) is 14.2. The van der Waals surface area contributed by atoms with Crippen molar-refractivity contribution in [3.05, 3.63) is 39.8 Å². The molecule has 0 aliphatic carbocycles. The molecule has 1 aromatic carbocycles. The maximum absolute atomic E-state index is 5.98. The summed E-state index contributed by atoms with van der Waals surface area (Å²) in [6.07, 6.45) is 2.52. The molecule has 3 nitrogen and oxygen atoms in total. The molecule has 2 rings (SSSR count). The maximum atomic E-state index is 5.98. The van der Waals surface area contributed by atoms with Gasteiger partial charge in [-0.3, -0.25) is 0 Å². The van der Waals surface area contributed by atoms with Crippen LogP contribution in [-0.2, 0) is 6.42 Å². The van der Waals surface area contributed by atoms with E-state index in [0.717, 1.165) is 34.7 Å². The second kappa shape index (κ2) is 6.29. The molecule has 0 saturated heterocycles. The molecule has 0 unspecified atom stereocenters. The van der Waals surface area contributed by atoms with E-state index in [2.05, 4.69) is 47.0 Å². The predicted molar refractivity (Wildman–Crippen MR) is 86.1 cm³/mol. The topological polar surface area (TPSA) is 38.1 Å². The van der Waals surface area contributed by atoms with Gasteiger partial charge in [-0.25, -0.2) is 4.98 Å². The standard InChI is InChI=1S/C15H18BrClN2O/c1-15(2,3)19-7-6-14-18-9-13(20-14)10-4-5-12(17)11(16)8-10/h4-5,8-9,19H,6-7H2,1-3H3. The minimum absolute atomic E-state index is 0.108. The van der Waals surface area contributed by atoms with Gasteiger partial charge < -0.3 is 9.73 Å². The number of hydrogen-bond acceptors (Lipinski definition) is 3. The highest BCUT2D eigenvalue weighted by Crippen LogP contribution is 2.29. The molecule has 1 N–H and O–H groups in total. The lowest BCUT2D eigenvalue weighted by molar-refractivity contribution is 0.412. The van der Waals surface area contributed by atoms with Crippen molar-refractivity contribution in [3.8, 4) is 11.3 Å². The monoisotopic (exact) mass is 356 g/mol. The number of nitrogens with zero attached hydrogens (tertiary/aromatic N) is 1. The molecular weight excluding hydrogens is 340 g/mol. The van der Waals surface area contributed by atoms with E-state index in [-0.39, 0.29) is 5.54 Å². The second-order valence-electron chi connectivity index (χ2n) is 5.67. The quantitative estimate of drug-likeness (QED) is 0.862. The van der Waals surface area contributed by atoms with Gasteiger partial charge in [-0.05, 0) is 54.9 Å². The number of benzene rings is 1. The fourth-order valence-electron chi connectivity index (χ4n) is 1.75. The molecule has 0 saturated carbocycles. The van der Waals surface area contributed by atoms with Crippen molar-refractivity contribution in [1.29, 1.82) is 0 Å². The van der Waals surface area contributed by atoms with Gasteiger partial charge in [-0.2, -0.15) is 0 Å². The Kier molecular flexibility index (Phi) is 4.89. The SMILES string of the molecule is CC(C)(C)NCCc1ncc(-c2ccc(Cl)c(Br)c2)o1. The van der Waals surface area contributed by atoms with E-state index in [1.807, 2.05) is 18.2 Å². The van der Waals surface area contributed by atoms with Crippen molar-refractivity contribution in [2.75, 3.05) is 6.54 Å². The summed E-state index contributed by atoms with van der Waals surface area (Å²) >= 11 is 9.39. The van der Waals surface area contributed by atoms with Crippen molar-refractivity contribution in [1.82, 2.24) is 10.3 Å². The van der Waals surface area contributed by atoms with E-state index in [1.54, 1.807) is 6.20 Å². The van der Waals surface area contributed by atoms with Crippen LogP contribution in [0.3, 0.4) is 0 Å². The zero-order chi connectivity index (χ0) is 14.8. The first kappa shape index (κ1) is 15.5. The minimum atomic E-state index is 0.108. The zero-order valence-electron chi connectivity index (χ0n) is 11.8. The van der Waals surface area contributed by atoms with Crippen LogP contribution in [0.2, 0.25) is 5.02 Å². The van der Waals surface area contributed by atoms with E-state index in [1.165, 1.54) is 0 Å². The van der Waals surface area contributed by atoms with E-state index in [0.29, 0.717) is 5.02 Å². The van der Waals surface area contributed by atoms with Crippen molar-refractivity contribution in [2.24, 2.45) is 0 Å². The number of nitrogens with one attached hydrogen (secondary N) is 1. The molecule has 0 radical (unpaired) electrons. The van der Waals surface area contributed by atoms with Gasteiger partial charge in [0.15, 0.2) is 11.7 Å². The van der Waals surface area contributed by atoms with Crippen LogP contribution in [0.25, 0.3) is 11.3 Å². The molecule has 0 atom stereocenters. The highest BCUT2D eigenvalue weighted by molar-refractivity contribution is 9.10. The summed E-state index contributed by atoms with van der Waals surface area (Å²) < 4.78 is 6.62. The number of halogens is 2. The van der Waals surface area contributed by atoms with Gasteiger partial charge in [-0.1, -0.05) is 11.6 Å². The van der Waals surface area contributed by atoms with Crippen LogP contribution in [0.4, 0.5) is 0 Å². The van der Waals surface area contributed by atoms with Gasteiger partial charge in [-0.15, -0.1) is 0 Å². The average Bonchev–Trinajstić information content (AvgIpc) is 2.80. The van der Waals surface area contributed by atoms with Crippen LogP contribution < -0.4 is 5.32 Å². The Labute approximate surface area is 132 Å². The highest BCUT2D eigenvalue weighted by Gasteiger charge is 2.11. The van der Waals surface area contributed by atoms with Crippen molar-refractivity contribution in [2.45, 2.75) is 32.7 Å². The van der Waals surface area contributed by atoms with Crippen LogP contribution in [0, 0.1) is 0 Å². The van der Waals surface area contributed by atoms with E-state index >= 15 is 0 Å². The Balaban J connectivity index is 2.03. The lowest BCUT2D eigenvalue weighted by Gasteiger charge is -2.19. The van der Waals surface area contributed by atoms with Gasteiger partial charge in [0.2, 0.25) is 0 Å². The molecule has 0 aliphatic rings. The number of oxazole rings is 1. The summed E-state index contributed by atoms with van der Waals surface area (Å²) in [5, 5.41) is 4.09. The number of hydrogen-bond donors (Lipinski definition) is 1. The average molecular weight is 358 g/mol. The molecular formula is C15H18BrClN2O.